The highest BCUT2D eigenvalue weighted by Crippen LogP contribution is 2.24. The lowest BCUT2D eigenvalue weighted by atomic mass is 10.1. The van der Waals surface area contributed by atoms with Crippen molar-refractivity contribution in [1.82, 2.24) is 15.1 Å². The monoisotopic (exact) mass is 254 g/mol. The van der Waals surface area contributed by atoms with E-state index in [9.17, 15) is 5.11 Å². The number of aliphatic hydroxyl groups is 1. The maximum Gasteiger partial charge on any atom is 0.131 e. The Morgan fingerprint density at radius 1 is 1.44 bits per heavy atom. The zero-order chi connectivity index (χ0) is 13.9. The van der Waals surface area contributed by atoms with Crippen molar-refractivity contribution in [3.8, 4) is 0 Å². The van der Waals surface area contributed by atoms with Gasteiger partial charge in [0.05, 0.1) is 11.3 Å². The molecule has 0 saturated heterocycles. The van der Waals surface area contributed by atoms with Gasteiger partial charge in [0.2, 0.25) is 0 Å². The second-order valence-electron chi connectivity index (χ2n) is 5.37. The summed E-state index contributed by atoms with van der Waals surface area (Å²) in [6, 6.07) is 0. The summed E-state index contributed by atoms with van der Waals surface area (Å²) in [7, 11) is 3.89. The van der Waals surface area contributed by atoms with E-state index in [4.69, 9.17) is 0 Å². The maximum atomic E-state index is 10.0. The molecule has 0 aliphatic rings. The van der Waals surface area contributed by atoms with Crippen LogP contribution in [0.2, 0.25) is 0 Å². The van der Waals surface area contributed by atoms with Gasteiger partial charge in [-0.2, -0.15) is 5.10 Å². The van der Waals surface area contributed by atoms with Crippen LogP contribution in [0.5, 0.6) is 0 Å². The molecule has 1 aromatic rings. The lowest BCUT2D eigenvalue weighted by Gasteiger charge is -2.30. The largest absolute Gasteiger partial charge is 0.389 e. The number of aromatic nitrogens is 2. The van der Waals surface area contributed by atoms with Crippen LogP contribution < -0.4 is 10.2 Å². The molecule has 0 unspecified atom stereocenters. The van der Waals surface area contributed by atoms with Gasteiger partial charge in [-0.1, -0.05) is 0 Å². The summed E-state index contributed by atoms with van der Waals surface area (Å²) in [4.78, 5) is 2.17. The van der Waals surface area contributed by atoms with Crippen molar-refractivity contribution in [1.29, 1.82) is 0 Å². The summed E-state index contributed by atoms with van der Waals surface area (Å²) in [5, 5.41) is 17.7. The van der Waals surface area contributed by atoms with Crippen molar-refractivity contribution in [3.05, 3.63) is 11.3 Å². The average Bonchev–Trinajstić information content (AvgIpc) is 2.50. The first-order valence-corrected chi connectivity index (χ1v) is 6.44. The fourth-order valence-corrected chi connectivity index (χ4v) is 2.27. The Morgan fingerprint density at radius 3 is 2.50 bits per heavy atom. The molecular weight excluding hydrogens is 228 g/mol. The van der Waals surface area contributed by atoms with E-state index in [2.05, 4.69) is 22.2 Å². The van der Waals surface area contributed by atoms with Crippen molar-refractivity contribution in [2.45, 2.75) is 39.8 Å². The van der Waals surface area contributed by atoms with Crippen LogP contribution >= 0.6 is 0 Å². The molecule has 0 aliphatic heterocycles. The molecule has 5 nitrogen and oxygen atoms in total. The van der Waals surface area contributed by atoms with Gasteiger partial charge in [0.1, 0.15) is 5.82 Å². The summed E-state index contributed by atoms with van der Waals surface area (Å²) < 4.78 is 1.90. The van der Waals surface area contributed by atoms with Crippen LogP contribution in [0.15, 0.2) is 0 Å². The van der Waals surface area contributed by atoms with Crippen LogP contribution in [0, 0.1) is 6.92 Å². The number of nitrogens with one attached hydrogen (secondary N) is 1. The summed E-state index contributed by atoms with van der Waals surface area (Å²) in [5.41, 5.74) is 1.52. The Hall–Kier alpha value is -1.07. The van der Waals surface area contributed by atoms with E-state index in [1.807, 2.05) is 39.5 Å². The summed E-state index contributed by atoms with van der Waals surface area (Å²) in [5.74, 6) is 1.09. The summed E-state index contributed by atoms with van der Waals surface area (Å²) >= 11 is 0. The molecule has 18 heavy (non-hydrogen) atoms. The zero-order valence-electron chi connectivity index (χ0n) is 12.4. The van der Waals surface area contributed by atoms with Gasteiger partial charge in [0.25, 0.3) is 0 Å². The molecule has 1 rings (SSSR count). The molecule has 0 aliphatic carbocycles. The van der Waals surface area contributed by atoms with E-state index in [0.717, 1.165) is 24.6 Å². The minimum absolute atomic E-state index is 0.596. The molecule has 0 fully saturated rings. The van der Waals surface area contributed by atoms with E-state index >= 15 is 0 Å². The number of aryl methyl sites for hydroxylation is 2. The van der Waals surface area contributed by atoms with Crippen LogP contribution in [0.3, 0.4) is 0 Å². The van der Waals surface area contributed by atoms with Crippen LogP contribution in [0.4, 0.5) is 5.82 Å². The Balaban J connectivity index is 3.11. The van der Waals surface area contributed by atoms with Gasteiger partial charge in [-0.25, -0.2) is 0 Å². The fraction of sp³-hybridized carbons (Fsp3) is 0.769. The Labute approximate surface area is 110 Å². The first-order chi connectivity index (χ1) is 8.30. The predicted molar refractivity (Wildman–Crippen MR) is 74.9 cm³/mol. The van der Waals surface area contributed by atoms with Gasteiger partial charge in [-0.15, -0.1) is 0 Å². The van der Waals surface area contributed by atoms with Crippen molar-refractivity contribution >= 4 is 5.82 Å². The lowest BCUT2D eigenvalue weighted by Crippen LogP contribution is -2.40. The van der Waals surface area contributed by atoms with E-state index in [-0.39, 0.29) is 0 Å². The molecule has 0 spiro atoms. The quantitative estimate of drug-likeness (QED) is 0.796. The third-order valence-corrected chi connectivity index (χ3v) is 2.93. The standard InChI is InChI=1S/C13H26N4O/c1-7-17(9-13(3,4)18)12-11(8-14-5)10(2)15-16(12)6/h14,18H,7-9H2,1-6H3. The minimum atomic E-state index is -0.717. The third kappa shape index (κ3) is 3.46. The lowest BCUT2D eigenvalue weighted by molar-refractivity contribution is 0.0872. The topological polar surface area (TPSA) is 53.3 Å². The number of anilines is 1. The zero-order valence-corrected chi connectivity index (χ0v) is 12.4. The molecule has 0 saturated carbocycles. The van der Waals surface area contributed by atoms with Gasteiger partial charge >= 0.3 is 0 Å². The number of hydrogen-bond donors (Lipinski definition) is 2. The second kappa shape index (κ2) is 5.71. The van der Waals surface area contributed by atoms with Gasteiger partial charge in [0.15, 0.2) is 0 Å². The van der Waals surface area contributed by atoms with Crippen molar-refractivity contribution in [2.75, 3.05) is 25.0 Å². The molecule has 0 radical (unpaired) electrons. The van der Waals surface area contributed by atoms with Crippen LogP contribution in [-0.4, -0.2) is 40.6 Å². The fourth-order valence-electron chi connectivity index (χ4n) is 2.27. The number of hydrogen-bond acceptors (Lipinski definition) is 4. The number of likely N-dealkylation sites (N-methyl/N-ethyl adjacent to an activating group) is 1. The first-order valence-electron chi connectivity index (χ1n) is 6.44. The van der Waals surface area contributed by atoms with Crippen LogP contribution in [-0.2, 0) is 13.6 Å². The van der Waals surface area contributed by atoms with Crippen molar-refractivity contribution in [3.63, 3.8) is 0 Å². The van der Waals surface area contributed by atoms with Gasteiger partial charge in [0, 0.05) is 32.2 Å². The smallest absolute Gasteiger partial charge is 0.131 e. The minimum Gasteiger partial charge on any atom is -0.389 e. The predicted octanol–water partition coefficient (Wildman–Crippen LogP) is 1.05. The average molecular weight is 254 g/mol. The van der Waals surface area contributed by atoms with E-state index < -0.39 is 5.60 Å². The van der Waals surface area contributed by atoms with E-state index in [1.165, 1.54) is 5.56 Å². The van der Waals surface area contributed by atoms with Gasteiger partial charge in [-0.3, -0.25) is 4.68 Å². The number of rotatable bonds is 6. The normalized spacial score (nSPS) is 11.9. The Morgan fingerprint density at radius 2 is 2.06 bits per heavy atom. The van der Waals surface area contributed by atoms with E-state index in [1.54, 1.807) is 0 Å². The van der Waals surface area contributed by atoms with Gasteiger partial charge < -0.3 is 15.3 Å². The molecular formula is C13H26N4O. The molecule has 0 amide bonds. The Bertz CT molecular complexity index is 392. The molecule has 0 aromatic carbocycles. The van der Waals surface area contributed by atoms with Crippen LogP contribution in [0.25, 0.3) is 0 Å². The number of nitrogens with zero attached hydrogens (tertiary/aromatic N) is 3. The Kier molecular flexibility index (Phi) is 4.76. The molecule has 104 valence electrons. The van der Waals surface area contributed by atoms with Crippen LogP contribution in [0.1, 0.15) is 32.0 Å². The highest BCUT2D eigenvalue weighted by Gasteiger charge is 2.23. The van der Waals surface area contributed by atoms with Gasteiger partial charge in [-0.05, 0) is 34.7 Å². The molecule has 1 heterocycles. The third-order valence-electron chi connectivity index (χ3n) is 2.93. The second-order valence-corrected chi connectivity index (χ2v) is 5.37. The highest BCUT2D eigenvalue weighted by molar-refractivity contribution is 5.50. The SMILES string of the molecule is CCN(CC(C)(C)O)c1c(CNC)c(C)nn1C. The molecule has 2 N–H and O–H groups in total. The van der Waals surface area contributed by atoms with Crippen molar-refractivity contribution < 1.29 is 5.11 Å². The first kappa shape index (κ1) is 15.0. The summed E-state index contributed by atoms with van der Waals surface area (Å²) in [6.07, 6.45) is 0. The molecule has 0 atom stereocenters. The van der Waals surface area contributed by atoms with Crippen molar-refractivity contribution in [2.24, 2.45) is 7.05 Å². The highest BCUT2D eigenvalue weighted by atomic mass is 16.3. The maximum absolute atomic E-state index is 10.0. The van der Waals surface area contributed by atoms with E-state index in [0.29, 0.717) is 6.54 Å². The summed E-state index contributed by atoms with van der Waals surface area (Å²) in [6.45, 7) is 10.0. The molecule has 0 bridgehead atoms. The molecule has 5 heteroatoms. The molecule has 1 aromatic heterocycles.